The maximum atomic E-state index is 11.6. The molecule has 0 radical (unpaired) electrons. The van der Waals surface area contributed by atoms with Crippen LogP contribution in [0, 0.1) is 10.1 Å². The van der Waals surface area contributed by atoms with Gasteiger partial charge in [0, 0.05) is 12.1 Å². The number of hydrogen-bond donors (Lipinski definition) is 1. The summed E-state index contributed by atoms with van der Waals surface area (Å²) in [6.07, 6.45) is 0. The van der Waals surface area contributed by atoms with Gasteiger partial charge in [-0.2, -0.15) is 0 Å². The highest BCUT2D eigenvalue weighted by Crippen LogP contribution is 2.26. The van der Waals surface area contributed by atoms with Gasteiger partial charge in [0.05, 0.1) is 27.2 Å². The molecule has 0 amide bonds. The Morgan fingerprint density at radius 1 is 1.44 bits per heavy atom. The van der Waals surface area contributed by atoms with E-state index in [9.17, 15) is 18.5 Å². The van der Waals surface area contributed by atoms with E-state index in [0.717, 1.165) is 18.2 Å². The lowest BCUT2D eigenvalue weighted by molar-refractivity contribution is -0.385. The van der Waals surface area contributed by atoms with Crippen molar-refractivity contribution in [3.05, 3.63) is 33.3 Å². The van der Waals surface area contributed by atoms with Crippen molar-refractivity contribution in [3.63, 3.8) is 0 Å². The first-order chi connectivity index (χ1) is 7.38. The largest absolute Gasteiger partial charge is 0.395 e. The van der Waals surface area contributed by atoms with E-state index in [0.29, 0.717) is 0 Å². The highest BCUT2D eigenvalue weighted by molar-refractivity contribution is 7.91. The van der Waals surface area contributed by atoms with Gasteiger partial charge in [0.1, 0.15) is 0 Å². The highest BCUT2D eigenvalue weighted by atomic mass is 35.5. The Morgan fingerprint density at radius 2 is 2.06 bits per heavy atom. The van der Waals surface area contributed by atoms with Gasteiger partial charge in [-0.25, -0.2) is 8.42 Å². The van der Waals surface area contributed by atoms with Crippen molar-refractivity contribution in [1.82, 2.24) is 0 Å². The highest BCUT2D eigenvalue weighted by Gasteiger charge is 2.20. The Labute approximate surface area is 96.5 Å². The SMILES string of the molecule is O=[N+]([O-])c1ccc(Cl)c(S(=O)(=O)CCO)c1. The van der Waals surface area contributed by atoms with Crippen molar-refractivity contribution in [2.24, 2.45) is 0 Å². The fourth-order valence-electron chi connectivity index (χ4n) is 1.07. The molecule has 0 atom stereocenters. The van der Waals surface area contributed by atoms with Crippen LogP contribution in [0.5, 0.6) is 0 Å². The quantitative estimate of drug-likeness (QED) is 0.647. The fraction of sp³-hybridized carbons (Fsp3) is 0.250. The fourth-order valence-corrected chi connectivity index (χ4v) is 2.67. The predicted octanol–water partition coefficient (Wildman–Crippen LogP) is 1.01. The van der Waals surface area contributed by atoms with Gasteiger partial charge in [-0.3, -0.25) is 10.1 Å². The molecule has 0 aliphatic heterocycles. The standard InChI is InChI=1S/C8H8ClNO5S/c9-7-2-1-6(10(12)13)5-8(7)16(14,15)4-3-11/h1-2,5,11H,3-4H2. The number of halogens is 1. The average molecular weight is 266 g/mol. The van der Waals surface area contributed by atoms with Crippen LogP contribution >= 0.6 is 11.6 Å². The maximum Gasteiger partial charge on any atom is 0.270 e. The van der Waals surface area contributed by atoms with Crippen LogP contribution in [-0.2, 0) is 9.84 Å². The number of aliphatic hydroxyl groups excluding tert-OH is 1. The summed E-state index contributed by atoms with van der Waals surface area (Å²) in [5.41, 5.74) is -0.360. The number of sulfone groups is 1. The van der Waals surface area contributed by atoms with Crippen molar-refractivity contribution in [1.29, 1.82) is 0 Å². The smallest absolute Gasteiger partial charge is 0.270 e. The molecule has 1 aromatic carbocycles. The number of rotatable bonds is 4. The van der Waals surface area contributed by atoms with Crippen LogP contribution in [0.2, 0.25) is 5.02 Å². The minimum atomic E-state index is -3.78. The third-order valence-corrected chi connectivity index (χ3v) is 3.99. The molecule has 1 N–H and O–H groups in total. The molecule has 8 heteroatoms. The molecule has 0 unspecified atom stereocenters. The van der Waals surface area contributed by atoms with E-state index in [1.807, 2.05) is 0 Å². The van der Waals surface area contributed by atoms with E-state index in [1.54, 1.807) is 0 Å². The summed E-state index contributed by atoms with van der Waals surface area (Å²) in [6.45, 7) is -0.568. The first-order valence-electron chi connectivity index (χ1n) is 4.16. The third kappa shape index (κ3) is 2.69. The zero-order valence-electron chi connectivity index (χ0n) is 7.96. The van der Waals surface area contributed by atoms with Gasteiger partial charge in [-0.1, -0.05) is 11.6 Å². The lowest BCUT2D eigenvalue weighted by Crippen LogP contribution is -2.10. The van der Waals surface area contributed by atoms with E-state index >= 15 is 0 Å². The molecule has 0 saturated heterocycles. The van der Waals surface area contributed by atoms with Gasteiger partial charge in [-0.15, -0.1) is 0 Å². The molecule has 88 valence electrons. The molecular formula is C8H8ClNO5S. The molecule has 0 saturated carbocycles. The second-order valence-electron chi connectivity index (χ2n) is 2.91. The lowest BCUT2D eigenvalue weighted by Gasteiger charge is -2.04. The van der Waals surface area contributed by atoms with E-state index in [-0.39, 0.29) is 15.6 Å². The number of aliphatic hydroxyl groups is 1. The molecule has 0 fully saturated rings. The molecule has 0 aliphatic carbocycles. The van der Waals surface area contributed by atoms with Crippen LogP contribution in [0.3, 0.4) is 0 Å². The van der Waals surface area contributed by atoms with Crippen LogP contribution in [0.15, 0.2) is 23.1 Å². The molecular weight excluding hydrogens is 258 g/mol. The van der Waals surface area contributed by atoms with Gasteiger partial charge in [-0.05, 0) is 6.07 Å². The van der Waals surface area contributed by atoms with Crippen LogP contribution in [0.25, 0.3) is 0 Å². The summed E-state index contributed by atoms with van der Waals surface area (Å²) in [5.74, 6) is -0.520. The van der Waals surface area contributed by atoms with E-state index in [4.69, 9.17) is 16.7 Å². The van der Waals surface area contributed by atoms with Crippen molar-refractivity contribution in [2.45, 2.75) is 4.90 Å². The second-order valence-corrected chi connectivity index (χ2v) is 5.40. The number of benzene rings is 1. The summed E-state index contributed by atoms with van der Waals surface area (Å²) >= 11 is 5.64. The zero-order chi connectivity index (χ0) is 12.3. The predicted molar refractivity (Wildman–Crippen MR) is 57.2 cm³/mol. The second kappa shape index (κ2) is 4.77. The van der Waals surface area contributed by atoms with Crippen molar-refractivity contribution in [2.75, 3.05) is 12.4 Å². The van der Waals surface area contributed by atoms with Gasteiger partial charge in [0.25, 0.3) is 5.69 Å². The Balaban J connectivity index is 3.33. The number of non-ortho nitro benzene ring substituents is 1. The average Bonchev–Trinajstić information content (AvgIpc) is 2.17. The summed E-state index contributed by atoms with van der Waals surface area (Å²) in [4.78, 5) is 9.42. The third-order valence-electron chi connectivity index (χ3n) is 1.82. The summed E-state index contributed by atoms with van der Waals surface area (Å²) < 4.78 is 23.1. The summed E-state index contributed by atoms with van der Waals surface area (Å²) in [6, 6.07) is 3.14. The van der Waals surface area contributed by atoms with Crippen molar-refractivity contribution < 1.29 is 18.4 Å². The zero-order valence-corrected chi connectivity index (χ0v) is 9.53. The van der Waals surface area contributed by atoms with Gasteiger partial charge in [0.2, 0.25) is 0 Å². The van der Waals surface area contributed by atoms with Crippen molar-refractivity contribution in [3.8, 4) is 0 Å². The Hall–Kier alpha value is -1.18. The van der Waals surface area contributed by atoms with Gasteiger partial charge in [0.15, 0.2) is 9.84 Å². The van der Waals surface area contributed by atoms with Gasteiger partial charge < -0.3 is 5.11 Å². The minimum Gasteiger partial charge on any atom is -0.395 e. The number of hydrogen-bond acceptors (Lipinski definition) is 5. The van der Waals surface area contributed by atoms with E-state index in [2.05, 4.69) is 0 Å². The van der Waals surface area contributed by atoms with Crippen molar-refractivity contribution >= 4 is 27.1 Å². The number of nitro benzene ring substituents is 1. The number of nitro groups is 1. The molecule has 1 rings (SSSR count). The van der Waals surface area contributed by atoms with E-state index < -0.39 is 27.1 Å². The first kappa shape index (κ1) is 12.9. The Morgan fingerprint density at radius 3 is 2.56 bits per heavy atom. The molecule has 6 nitrogen and oxygen atoms in total. The molecule has 0 heterocycles. The van der Waals surface area contributed by atoms with Crippen LogP contribution in [0.1, 0.15) is 0 Å². The molecule has 1 aromatic rings. The monoisotopic (exact) mass is 265 g/mol. The maximum absolute atomic E-state index is 11.6. The molecule has 0 aliphatic rings. The lowest BCUT2D eigenvalue weighted by atomic mass is 10.3. The minimum absolute atomic E-state index is 0.0981. The Bertz CT molecular complexity index is 513. The summed E-state index contributed by atoms with van der Waals surface area (Å²) in [7, 11) is -3.78. The normalized spacial score (nSPS) is 11.4. The summed E-state index contributed by atoms with van der Waals surface area (Å²) in [5, 5.41) is 18.9. The Kier molecular flexibility index (Phi) is 3.84. The topological polar surface area (TPSA) is 97.5 Å². The van der Waals surface area contributed by atoms with Crippen LogP contribution < -0.4 is 0 Å². The molecule has 0 aromatic heterocycles. The molecule has 0 bridgehead atoms. The van der Waals surface area contributed by atoms with Crippen LogP contribution in [0.4, 0.5) is 5.69 Å². The first-order valence-corrected chi connectivity index (χ1v) is 6.19. The van der Waals surface area contributed by atoms with Gasteiger partial charge >= 0.3 is 0 Å². The number of nitrogens with zero attached hydrogens (tertiary/aromatic N) is 1. The van der Waals surface area contributed by atoms with Crippen LogP contribution in [-0.4, -0.2) is 30.8 Å². The van der Waals surface area contributed by atoms with E-state index in [1.165, 1.54) is 0 Å². The molecule has 16 heavy (non-hydrogen) atoms. The molecule has 0 spiro atoms.